The number of hydrogen-bond donors (Lipinski definition) is 1. The number of nitrogens with zero attached hydrogens (tertiary/aromatic N) is 1. The summed E-state index contributed by atoms with van der Waals surface area (Å²) in [6, 6.07) is 0.126. The van der Waals surface area contributed by atoms with Crippen molar-refractivity contribution in [3.63, 3.8) is 0 Å². The van der Waals surface area contributed by atoms with Crippen LogP contribution in [0.3, 0.4) is 0 Å². The Morgan fingerprint density at radius 3 is 2.80 bits per heavy atom. The molecule has 0 fully saturated rings. The van der Waals surface area contributed by atoms with E-state index in [1.165, 1.54) is 11.4 Å². The molecule has 0 saturated heterocycles. The summed E-state index contributed by atoms with van der Waals surface area (Å²) in [7, 11) is 0. The molecule has 0 radical (unpaired) electrons. The molecule has 2 N–H and O–H groups in total. The van der Waals surface area contributed by atoms with Crippen LogP contribution in [0, 0.1) is 0 Å². The van der Waals surface area contributed by atoms with E-state index >= 15 is 0 Å². The van der Waals surface area contributed by atoms with Crippen LogP contribution < -0.4 is 5.73 Å². The van der Waals surface area contributed by atoms with Crippen molar-refractivity contribution in [2.75, 3.05) is 11.5 Å². The molecule has 0 aromatic carbocycles. The van der Waals surface area contributed by atoms with Crippen LogP contribution in [0.4, 0.5) is 0 Å². The first-order valence-corrected chi connectivity index (χ1v) is 7.47. The Morgan fingerprint density at radius 2 is 2.27 bits per heavy atom. The van der Waals surface area contributed by atoms with Gasteiger partial charge in [0.15, 0.2) is 0 Å². The molecule has 0 spiro atoms. The van der Waals surface area contributed by atoms with Crippen molar-refractivity contribution in [2.45, 2.75) is 39.2 Å². The molecule has 1 atom stereocenters. The highest BCUT2D eigenvalue weighted by Gasteiger charge is 2.12. The van der Waals surface area contributed by atoms with Gasteiger partial charge >= 0.3 is 0 Å². The van der Waals surface area contributed by atoms with Gasteiger partial charge < -0.3 is 5.73 Å². The van der Waals surface area contributed by atoms with Gasteiger partial charge in [0.1, 0.15) is 5.01 Å². The van der Waals surface area contributed by atoms with Crippen LogP contribution in [0.1, 0.15) is 49.9 Å². The Bertz CT molecular complexity index is 284. The standard InChI is InChI=1S/C11H20N2S2/c1-4-14-6-5-9(12)11-13-10(7-15-11)8(2)3/h7-9H,4-6,12H2,1-3H3. The van der Waals surface area contributed by atoms with Crippen molar-refractivity contribution in [2.24, 2.45) is 5.73 Å². The second-order valence-corrected chi connectivity index (χ2v) is 6.14. The molecular weight excluding hydrogens is 224 g/mol. The molecule has 86 valence electrons. The second kappa shape index (κ2) is 6.51. The molecule has 0 aliphatic heterocycles. The van der Waals surface area contributed by atoms with Gasteiger partial charge in [-0.25, -0.2) is 4.98 Å². The molecule has 0 bridgehead atoms. The van der Waals surface area contributed by atoms with Crippen molar-refractivity contribution in [1.29, 1.82) is 0 Å². The Kier molecular flexibility index (Phi) is 5.64. The van der Waals surface area contributed by atoms with Gasteiger partial charge in [-0.3, -0.25) is 0 Å². The normalized spacial score (nSPS) is 13.4. The molecule has 0 saturated carbocycles. The molecule has 4 heteroatoms. The van der Waals surface area contributed by atoms with Crippen LogP contribution in [-0.2, 0) is 0 Å². The van der Waals surface area contributed by atoms with E-state index in [9.17, 15) is 0 Å². The van der Waals surface area contributed by atoms with Crippen LogP contribution in [-0.4, -0.2) is 16.5 Å². The van der Waals surface area contributed by atoms with E-state index in [2.05, 4.69) is 31.1 Å². The average Bonchev–Trinajstić information content (AvgIpc) is 2.66. The molecule has 1 heterocycles. The summed E-state index contributed by atoms with van der Waals surface area (Å²) in [5, 5.41) is 3.22. The first kappa shape index (κ1) is 13.0. The van der Waals surface area contributed by atoms with E-state index in [-0.39, 0.29) is 6.04 Å². The molecular formula is C11H20N2S2. The number of rotatable bonds is 6. The third kappa shape index (κ3) is 4.13. The van der Waals surface area contributed by atoms with E-state index in [0.717, 1.165) is 17.2 Å². The van der Waals surface area contributed by atoms with Gasteiger partial charge in [0.2, 0.25) is 0 Å². The van der Waals surface area contributed by atoms with Crippen molar-refractivity contribution in [1.82, 2.24) is 4.98 Å². The van der Waals surface area contributed by atoms with E-state index in [0.29, 0.717) is 5.92 Å². The highest BCUT2D eigenvalue weighted by atomic mass is 32.2. The minimum absolute atomic E-state index is 0.126. The molecule has 0 aliphatic carbocycles. The molecule has 1 aromatic rings. The van der Waals surface area contributed by atoms with E-state index < -0.39 is 0 Å². The van der Waals surface area contributed by atoms with Crippen molar-refractivity contribution >= 4 is 23.1 Å². The highest BCUT2D eigenvalue weighted by Crippen LogP contribution is 2.24. The summed E-state index contributed by atoms with van der Waals surface area (Å²) in [6.07, 6.45) is 1.03. The molecule has 1 aromatic heterocycles. The molecule has 2 nitrogen and oxygen atoms in total. The first-order valence-electron chi connectivity index (χ1n) is 5.43. The number of thiazole rings is 1. The Morgan fingerprint density at radius 1 is 1.53 bits per heavy atom. The Labute approximate surface area is 101 Å². The van der Waals surface area contributed by atoms with Gasteiger partial charge in [0, 0.05) is 5.38 Å². The van der Waals surface area contributed by atoms with E-state index in [1.807, 2.05) is 11.8 Å². The third-order valence-electron chi connectivity index (χ3n) is 2.23. The second-order valence-electron chi connectivity index (χ2n) is 3.86. The van der Waals surface area contributed by atoms with Crippen molar-refractivity contribution in [3.8, 4) is 0 Å². The summed E-state index contributed by atoms with van der Waals surface area (Å²) in [5.74, 6) is 2.81. The smallest absolute Gasteiger partial charge is 0.110 e. The Hall–Kier alpha value is -0.0600. The molecule has 0 aliphatic rings. The number of nitrogens with two attached hydrogens (primary N) is 1. The number of thioether (sulfide) groups is 1. The molecule has 1 rings (SSSR count). The fraction of sp³-hybridized carbons (Fsp3) is 0.727. The van der Waals surface area contributed by atoms with Gasteiger partial charge in [0.05, 0.1) is 11.7 Å². The lowest BCUT2D eigenvalue weighted by Gasteiger charge is -2.07. The summed E-state index contributed by atoms with van der Waals surface area (Å²) in [4.78, 5) is 4.57. The van der Waals surface area contributed by atoms with Gasteiger partial charge in [-0.2, -0.15) is 11.8 Å². The lowest BCUT2D eigenvalue weighted by Crippen LogP contribution is -2.11. The largest absolute Gasteiger partial charge is 0.322 e. The minimum atomic E-state index is 0.126. The highest BCUT2D eigenvalue weighted by molar-refractivity contribution is 7.99. The zero-order valence-corrected chi connectivity index (χ0v) is 11.3. The van der Waals surface area contributed by atoms with Gasteiger partial charge in [-0.1, -0.05) is 20.8 Å². The van der Waals surface area contributed by atoms with Crippen LogP contribution in [0.2, 0.25) is 0 Å². The number of hydrogen-bond acceptors (Lipinski definition) is 4. The average molecular weight is 244 g/mol. The van der Waals surface area contributed by atoms with Crippen LogP contribution in [0.15, 0.2) is 5.38 Å². The quantitative estimate of drug-likeness (QED) is 0.779. The third-order valence-corrected chi connectivity index (χ3v) is 4.15. The first-order chi connectivity index (χ1) is 7.15. The minimum Gasteiger partial charge on any atom is -0.322 e. The topological polar surface area (TPSA) is 38.9 Å². The predicted octanol–water partition coefficient (Wildman–Crippen LogP) is 3.41. The van der Waals surface area contributed by atoms with E-state index in [4.69, 9.17) is 5.73 Å². The summed E-state index contributed by atoms with van der Waals surface area (Å²) in [6.45, 7) is 6.50. The molecule has 0 amide bonds. The van der Waals surface area contributed by atoms with Gasteiger partial charge in [-0.15, -0.1) is 11.3 Å². The molecule has 15 heavy (non-hydrogen) atoms. The lowest BCUT2D eigenvalue weighted by molar-refractivity contribution is 0.689. The fourth-order valence-electron chi connectivity index (χ4n) is 1.21. The van der Waals surface area contributed by atoms with E-state index in [1.54, 1.807) is 11.3 Å². The predicted molar refractivity (Wildman–Crippen MR) is 70.7 cm³/mol. The monoisotopic (exact) mass is 244 g/mol. The SMILES string of the molecule is CCSCCC(N)c1nc(C(C)C)cs1. The summed E-state index contributed by atoms with van der Waals surface area (Å²) >= 11 is 3.64. The summed E-state index contributed by atoms with van der Waals surface area (Å²) in [5.41, 5.74) is 7.26. The number of aromatic nitrogens is 1. The Balaban J connectivity index is 2.47. The van der Waals surface area contributed by atoms with Gasteiger partial charge in [0.25, 0.3) is 0 Å². The maximum Gasteiger partial charge on any atom is 0.110 e. The zero-order valence-electron chi connectivity index (χ0n) is 9.69. The van der Waals surface area contributed by atoms with Crippen molar-refractivity contribution < 1.29 is 0 Å². The maximum absolute atomic E-state index is 6.08. The zero-order chi connectivity index (χ0) is 11.3. The fourth-order valence-corrected chi connectivity index (χ4v) is 2.94. The van der Waals surface area contributed by atoms with Crippen LogP contribution in [0.25, 0.3) is 0 Å². The van der Waals surface area contributed by atoms with Gasteiger partial charge in [-0.05, 0) is 23.8 Å². The lowest BCUT2D eigenvalue weighted by atomic mass is 10.2. The van der Waals surface area contributed by atoms with Crippen molar-refractivity contribution in [3.05, 3.63) is 16.1 Å². The molecule has 1 unspecified atom stereocenters. The maximum atomic E-state index is 6.08. The van der Waals surface area contributed by atoms with Crippen LogP contribution >= 0.6 is 23.1 Å². The van der Waals surface area contributed by atoms with Crippen LogP contribution in [0.5, 0.6) is 0 Å². The summed E-state index contributed by atoms with van der Waals surface area (Å²) < 4.78 is 0.